The average molecular weight is 537 g/mol. The summed E-state index contributed by atoms with van der Waals surface area (Å²) in [4.78, 5) is 20.1. The lowest BCUT2D eigenvalue weighted by Crippen LogP contribution is -2.46. The third kappa shape index (κ3) is 5.81. The summed E-state index contributed by atoms with van der Waals surface area (Å²) in [5, 5.41) is 6.32. The van der Waals surface area contributed by atoms with E-state index in [0.29, 0.717) is 22.8 Å². The first kappa shape index (κ1) is 27.2. The number of pyridine rings is 1. The highest BCUT2D eigenvalue weighted by molar-refractivity contribution is 5.82. The number of hydrogen-bond acceptors (Lipinski definition) is 8. The molecule has 0 fully saturated rings. The highest BCUT2D eigenvalue weighted by Gasteiger charge is 2.36. The molecular formula is C29H38F2N8. The molecule has 2 N–H and O–H groups in total. The van der Waals surface area contributed by atoms with Crippen LogP contribution in [0.2, 0.25) is 0 Å². The van der Waals surface area contributed by atoms with Crippen molar-refractivity contribution in [3.63, 3.8) is 0 Å². The van der Waals surface area contributed by atoms with E-state index in [1.165, 1.54) is 11.6 Å². The minimum absolute atomic E-state index is 0.0361. The standard InChI is InChI=1S/C29H38F2N8/c1-18-33-27-21(30)14-20(15-24(27)39(18)29(2,3)4)26-22(31)16-32-28(36-26)35-25-9-8-19-17-38(12-7-11-37(5)6)13-10-23(19)34-25/h8-9,14-16,18,33H,7,10-13,17H2,1-6H3,(H,32,34,35,36). The zero-order valence-electron chi connectivity index (χ0n) is 23.6. The largest absolute Gasteiger partial charge is 0.361 e. The zero-order valence-corrected chi connectivity index (χ0v) is 23.6. The minimum atomic E-state index is -0.617. The molecule has 1 aromatic carbocycles. The summed E-state index contributed by atoms with van der Waals surface area (Å²) in [5.74, 6) is -0.251. The van der Waals surface area contributed by atoms with Gasteiger partial charge in [-0.05, 0) is 85.1 Å². The van der Waals surface area contributed by atoms with Gasteiger partial charge in [0.05, 0.1) is 23.7 Å². The third-order valence-corrected chi connectivity index (χ3v) is 7.26. The summed E-state index contributed by atoms with van der Waals surface area (Å²) in [6.07, 6.45) is 3.02. The van der Waals surface area contributed by atoms with Gasteiger partial charge in [0.15, 0.2) is 5.82 Å². The fourth-order valence-corrected chi connectivity index (χ4v) is 5.58. The molecule has 0 radical (unpaired) electrons. The van der Waals surface area contributed by atoms with Crippen molar-refractivity contribution >= 4 is 23.1 Å². The van der Waals surface area contributed by atoms with Gasteiger partial charge in [-0.2, -0.15) is 0 Å². The number of fused-ring (bicyclic) bond motifs is 2. The van der Waals surface area contributed by atoms with Crippen LogP contribution in [0.25, 0.3) is 11.3 Å². The van der Waals surface area contributed by atoms with E-state index in [9.17, 15) is 4.39 Å². The van der Waals surface area contributed by atoms with Gasteiger partial charge in [0.1, 0.15) is 17.3 Å². The topological polar surface area (TPSA) is 72.5 Å². The number of rotatable bonds is 7. The second-order valence-electron chi connectivity index (χ2n) is 11.7. The van der Waals surface area contributed by atoms with Crippen LogP contribution in [0.1, 0.15) is 45.4 Å². The first-order chi connectivity index (χ1) is 18.5. The molecule has 2 aliphatic rings. The number of nitrogens with one attached hydrogen (secondary N) is 2. The maximum atomic E-state index is 15.2. The normalized spacial score (nSPS) is 17.3. The molecule has 0 saturated carbocycles. The maximum Gasteiger partial charge on any atom is 0.229 e. The quantitative estimate of drug-likeness (QED) is 0.425. The van der Waals surface area contributed by atoms with Gasteiger partial charge in [-0.15, -0.1) is 0 Å². The second kappa shape index (κ2) is 10.7. The van der Waals surface area contributed by atoms with E-state index < -0.39 is 11.6 Å². The molecule has 8 nitrogen and oxygen atoms in total. The van der Waals surface area contributed by atoms with E-state index in [4.69, 9.17) is 4.98 Å². The van der Waals surface area contributed by atoms with E-state index >= 15 is 4.39 Å². The van der Waals surface area contributed by atoms with E-state index in [-0.39, 0.29) is 23.3 Å². The number of benzene rings is 1. The van der Waals surface area contributed by atoms with Crippen LogP contribution in [-0.4, -0.2) is 70.2 Å². The van der Waals surface area contributed by atoms with Crippen LogP contribution in [0.5, 0.6) is 0 Å². The summed E-state index contributed by atoms with van der Waals surface area (Å²) < 4.78 is 30.1. The number of anilines is 4. The SMILES string of the molecule is CC1Nc2c(F)cc(-c3nc(Nc4ccc5c(n4)CCN(CCCN(C)C)C5)ncc3F)cc2N1C(C)(C)C. The molecule has 0 spiro atoms. The van der Waals surface area contributed by atoms with Gasteiger partial charge in [0.25, 0.3) is 0 Å². The van der Waals surface area contributed by atoms with Crippen LogP contribution in [0.15, 0.2) is 30.5 Å². The van der Waals surface area contributed by atoms with Crippen molar-refractivity contribution < 1.29 is 8.78 Å². The Morgan fingerprint density at radius 2 is 1.92 bits per heavy atom. The number of aromatic nitrogens is 3. The maximum absolute atomic E-state index is 15.2. The highest BCUT2D eigenvalue weighted by Crippen LogP contribution is 2.43. The molecule has 208 valence electrons. The Kier molecular flexibility index (Phi) is 7.43. The second-order valence-corrected chi connectivity index (χ2v) is 11.7. The fraction of sp³-hybridized carbons (Fsp3) is 0.483. The molecule has 10 heteroatoms. The summed E-state index contributed by atoms with van der Waals surface area (Å²) >= 11 is 0. The summed E-state index contributed by atoms with van der Waals surface area (Å²) in [6.45, 7) is 12.2. The Morgan fingerprint density at radius 1 is 1.13 bits per heavy atom. The Labute approximate surface area is 229 Å². The van der Waals surface area contributed by atoms with Crippen molar-refractivity contribution in [1.29, 1.82) is 0 Å². The van der Waals surface area contributed by atoms with E-state index in [1.807, 2.05) is 13.0 Å². The van der Waals surface area contributed by atoms with Crippen LogP contribution >= 0.6 is 0 Å². The molecule has 1 atom stereocenters. The van der Waals surface area contributed by atoms with Gasteiger partial charge in [-0.1, -0.05) is 6.07 Å². The molecule has 1 unspecified atom stereocenters. The molecule has 4 heterocycles. The number of halogens is 2. The lowest BCUT2D eigenvalue weighted by Gasteiger charge is -2.37. The van der Waals surface area contributed by atoms with Crippen molar-refractivity contribution in [2.45, 2.75) is 58.8 Å². The van der Waals surface area contributed by atoms with Crippen LogP contribution in [-0.2, 0) is 13.0 Å². The predicted octanol–water partition coefficient (Wildman–Crippen LogP) is 5.25. The lowest BCUT2D eigenvalue weighted by atomic mass is 10.0. The summed E-state index contributed by atoms with van der Waals surface area (Å²) in [5.41, 5.74) is 3.50. The van der Waals surface area contributed by atoms with E-state index in [2.05, 4.69) is 76.2 Å². The van der Waals surface area contributed by atoms with E-state index in [1.54, 1.807) is 6.07 Å². The third-order valence-electron chi connectivity index (χ3n) is 7.26. The molecule has 0 saturated heterocycles. The smallest absolute Gasteiger partial charge is 0.229 e. The summed E-state index contributed by atoms with van der Waals surface area (Å²) in [6, 6.07) is 7.09. The van der Waals surface area contributed by atoms with Gasteiger partial charge < -0.3 is 20.4 Å². The Hall–Kier alpha value is -3.37. The van der Waals surface area contributed by atoms with Crippen molar-refractivity contribution in [2.75, 3.05) is 49.3 Å². The molecular weight excluding hydrogens is 498 g/mol. The predicted molar refractivity (Wildman–Crippen MR) is 152 cm³/mol. The molecule has 3 aromatic rings. The molecule has 2 aliphatic heterocycles. The summed E-state index contributed by atoms with van der Waals surface area (Å²) in [7, 11) is 4.19. The van der Waals surface area contributed by atoms with Gasteiger partial charge >= 0.3 is 0 Å². The first-order valence-electron chi connectivity index (χ1n) is 13.5. The monoisotopic (exact) mass is 536 g/mol. The molecule has 39 heavy (non-hydrogen) atoms. The number of hydrogen-bond donors (Lipinski definition) is 2. The van der Waals surface area contributed by atoms with Gasteiger partial charge in [-0.25, -0.2) is 23.7 Å². The van der Waals surface area contributed by atoms with Gasteiger partial charge in [0, 0.05) is 36.3 Å². The Balaban J connectivity index is 1.36. The highest BCUT2D eigenvalue weighted by atomic mass is 19.1. The van der Waals surface area contributed by atoms with Crippen LogP contribution < -0.4 is 15.5 Å². The van der Waals surface area contributed by atoms with Crippen LogP contribution in [0.4, 0.5) is 31.9 Å². The van der Waals surface area contributed by atoms with Gasteiger partial charge in [0.2, 0.25) is 5.95 Å². The van der Waals surface area contributed by atoms with Crippen molar-refractivity contribution in [3.05, 3.63) is 53.4 Å². The molecule has 0 bridgehead atoms. The average Bonchev–Trinajstić information content (AvgIpc) is 3.22. The zero-order chi connectivity index (χ0) is 27.9. The first-order valence-corrected chi connectivity index (χ1v) is 13.5. The fourth-order valence-electron chi connectivity index (χ4n) is 5.58. The lowest BCUT2D eigenvalue weighted by molar-refractivity contribution is 0.236. The van der Waals surface area contributed by atoms with Crippen molar-refractivity contribution in [3.8, 4) is 11.3 Å². The molecule has 2 aromatic heterocycles. The minimum Gasteiger partial charge on any atom is -0.361 e. The van der Waals surface area contributed by atoms with Gasteiger partial charge in [-0.3, -0.25) is 4.90 Å². The Morgan fingerprint density at radius 3 is 2.67 bits per heavy atom. The van der Waals surface area contributed by atoms with Crippen LogP contribution in [0, 0.1) is 11.6 Å². The van der Waals surface area contributed by atoms with Crippen molar-refractivity contribution in [2.24, 2.45) is 0 Å². The van der Waals surface area contributed by atoms with Crippen LogP contribution in [0.3, 0.4) is 0 Å². The molecule has 0 aliphatic carbocycles. The molecule has 5 rings (SSSR count). The molecule has 0 amide bonds. The Bertz CT molecular complexity index is 1350. The van der Waals surface area contributed by atoms with E-state index in [0.717, 1.165) is 50.9 Å². The number of nitrogens with zero attached hydrogens (tertiary/aromatic N) is 6. The van der Waals surface area contributed by atoms with Crippen molar-refractivity contribution in [1.82, 2.24) is 24.8 Å².